The summed E-state index contributed by atoms with van der Waals surface area (Å²) >= 11 is 0. The number of carboxylic acid groups (broad SMARTS) is 1. The Kier molecular flexibility index (Phi) is 4.93. The fraction of sp³-hybridized carbons (Fsp3) is 0.958. The minimum Gasteiger partial charge on any atom is -0.481 e. The smallest absolute Gasteiger partial charge is 0.303 e. The minimum absolute atomic E-state index is 0.351. The SMILES string of the molecule is C[C@@H](CCC(=O)O)[C@H]1CC[C@@H]2[C@H]3CC[C@@H]4CCCC[C@]4(C)[C@@H]3CC[C@@]21C. The Balaban J connectivity index is 1.52. The summed E-state index contributed by atoms with van der Waals surface area (Å²) in [7, 11) is 0. The predicted octanol–water partition coefficient (Wildman–Crippen LogP) is 6.54. The molecule has 0 spiro atoms. The van der Waals surface area contributed by atoms with Crippen molar-refractivity contribution in [1.29, 1.82) is 0 Å². The molecule has 0 aromatic rings. The first-order valence-electron chi connectivity index (χ1n) is 11.6. The lowest BCUT2D eigenvalue weighted by Gasteiger charge is -2.61. The van der Waals surface area contributed by atoms with Gasteiger partial charge in [0.05, 0.1) is 0 Å². The van der Waals surface area contributed by atoms with Gasteiger partial charge in [0.25, 0.3) is 0 Å². The van der Waals surface area contributed by atoms with Gasteiger partial charge >= 0.3 is 5.97 Å². The molecule has 0 aromatic heterocycles. The molecule has 0 aliphatic heterocycles. The maximum Gasteiger partial charge on any atom is 0.303 e. The fourth-order valence-corrected chi connectivity index (χ4v) is 8.82. The Hall–Kier alpha value is -0.530. The Morgan fingerprint density at radius 2 is 1.73 bits per heavy atom. The molecule has 0 saturated heterocycles. The van der Waals surface area contributed by atoms with E-state index >= 15 is 0 Å². The number of carbonyl (C=O) groups is 1. The van der Waals surface area contributed by atoms with Crippen molar-refractivity contribution < 1.29 is 9.90 Å². The summed E-state index contributed by atoms with van der Waals surface area (Å²) in [4.78, 5) is 11.0. The number of fused-ring (bicyclic) bond motifs is 5. The Bertz CT molecular complexity index is 542. The largest absolute Gasteiger partial charge is 0.481 e. The van der Waals surface area contributed by atoms with Crippen LogP contribution in [0.25, 0.3) is 0 Å². The van der Waals surface area contributed by atoms with Gasteiger partial charge in [0.2, 0.25) is 0 Å². The van der Waals surface area contributed by atoms with E-state index < -0.39 is 5.97 Å². The first-order valence-corrected chi connectivity index (χ1v) is 11.6. The average Bonchev–Trinajstić information content (AvgIpc) is 2.96. The highest BCUT2D eigenvalue weighted by Gasteiger charge is 2.60. The first kappa shape index (κ1) is 18.8. The Morgan fingerprint density at radius 1 is 0.962 bits per heavy atom. The van der Waals surface area contributed by atoms with Crippen LogP contribution in [0, 0.1) is 46.3 Å². The summed E-state index contributed by atoms with van der Waals surface area (Å²) in [5.41, 5.74) is 1.12. The lowest BCUT2D eigenvalue weighted by Crippen LogP contribution is -2.53. The summed E-state index contributed by atoms with van der Waals surface area (Å²) in [5.74, 6) is 4.57. The van der Waals surface area contributed by atoms with Gasteiger partial charge in [-0.1, -0.05) is 33.6 Å². The van der Waals surface area contributed by atoms with Gasteiger partial charge in [-0.25, -0.2) is 0 Å². The number of hydrogen-bond donors (Lipinski definition) is 1. The van der Waals surface area contributed by atoms with Gasteiger partial charge in [0.15, 0.2) is 0 Å². The highest BCUT2D eigenvalue weighted by molar-refractivity contribution is 5.66. The zero-order valence-corrected chi connectivity index (χ0v) is 17.3. The zero-order chi connectivity index (χ0) is 18.5. The minimum atomic E-state index is -0.621. The van der Waals surface area contributed by atoms with E-state index in [1.807, 2.05) is 0 Å². The molecule has 8 atom stereocenters. The second-order valence-corrected chi connectivity index (χ2v) is 11.0. The van der Waals surface area contributed by atoms with Crippen molar-refractivity contribution in [2.75, 3.05) is 0 Å². The standard InChI is InChI=1S/C24H40O2/c1-16(7-12-22(25)26)19-10-11-20-18-9-8-17-6-4-5-14-23(17,2)21(18)13-15-24(19,20)3/h16-21H,4-15H2,1-3H3,(H,25,26)/t16-,17-,18+,19+,20+,21+,23-,24+/m0/s1. The molecule has 4 aliphatic rings. The maximum absolute atomic E-state index is 11.0. The van der Waals surface area contributed by atoms with E-state index in [-0.39, 0.29) is 0 Å². The van der Waals surface area contributed by atoms with E-state index in [4.69, 9.17) is 5.11 Å². The van der Waals surface area contributed by atoms with Gasteiger partial charge in [-0.15, -0.1) is 0 Å². The molecule has 0 radical (unpaired) electrons. The fourth-order valence-electron chi connectivity index (χ4n) is 8.82. The van der Waals surface area contributed by atoms with Crippen LogP contribution in [0.5, 0.6) is 0 Å². The highest BCUT2D eigenvalue weighted by Crippen LogP contribution is 2.68. The Labute approximate surface area is 160 Å². The molecule has 26 heavy (non-hydrogen) atoms. The van der Waals surface area contributed by atoms with Crippen LogP contribution in [0.15, 0.2) is 0 Å². The molecule has 4 aliphatic carbocycles. The topological polar surface area (TPSA) is 37.3 Å². The molecular weight excluding hydrogens is 320 g/mol. The summed E-state index contributed by atoms with van der Waals surface area (Å²) in [6.07, 6.45) is 15.7. The van der Waals surface area contributed by atoms with E-state index in [2.05, 4.69) is 20.8 Å². The molecule has 0 heterocycles. The molecule has 2 heteroatoms. The third-order valence-corrected chi connectivity index (χ3v) is 10.2. The average molecular weight is 361 g/mol. The number of hydrogen-bond acceptors (Lipinski definition) is 1. The van der Waals surface area contributed by atoms with Gasteiger partial charge < -0.3 is 5.11 Å². The maximum atomic E-state index is 11.0. The summed E-state index contributed by atoms with van der Waals surface area (Å²) in [6.45, 7) is 7.60. The van der Waals surface area contributed by atoms with Gasteiger partial charge in [-0.05, 0) is 104 Å². The van der Waals surface area contributed by atoms with Crippen molar-refractivity contribution in [3.8, 4) is 0 Å². The van der Waals surface area contributed by atoms with E-state index in [9.17, 15) is 4.79 Å². The molecular formula is C24H40O2. The van der Waals surface area contributed by atoms with Crippen LogP contribution < -0.4 is 0 Å². The van der Waals surface area contributed by atoms with Crippen LogP contribution in [0.1, 0.15) is 97.8 Å². The molecule has 4 saturated carbocycles. The molecule has 148 valence electrons. The van der Waals surface area contributed by atoms with Crippen molar-refractivity contribution in [1.82, 2.24) is 0 Å². The highest BCUT2D eigenvalue weighted by atomic mass is 16.4. The normalized spacial score (nSPS) is 49.0. The summed E-state index contributed by atoms with van der Waals surface area (Å²) in [5, 5.41) is 9.09. The van der Waals surface area contributed by atoms with Crippen LogP contribution in [0.2, 0.25) is 0 Å². The second-order valence-electron chi connectivity index (χ2n) is 11.0. The molecule has 0 aromatic carbocycles. The number of aliphatic carboxylic acids is 1. The molecule has 4 fully saturated rings. The molecule has 0 amide bonds. The van der Waals surface area contributed by atoms with Crippen LogP contribution in [0.3, 0.4) is 0 Å². The van der Waals surface area contributed by atoms with Gasteiger partial charge in [0.1, 0.15) is 0 Å². The lowest BCUT2D eigenvalue weighted by molar-refractivity contribution is -0.137. The van der Waals surface area contributed by atoms with Crippen molar-refractivity contribution in [3.63, 3.8) is 0 Å². The number of rotatable bonds is 4. The quantitative estimate of drug-likeness (QED) is 0.618. The molecule has 0 unspecified atom stereocenters. The summed E-state index contributed by atoms with van der Waals surface area (Å²) < 4.78 is 0. The molecule has 1 N–H and O–H groups in total. The van der Waals surface area contributed by atoms with Crippen molar-refractivity contribution in [2.45, 2.75) is 97.8 Å². The van der Waals surface area contributed by atoms with Crippen molar-refractivity contribution in [2.24, 2.45) is 46.3 Å². The van der Waals surface area contributed by atoms with E-state index in [1.54, 1.807) is 0 Å². The van der Waals surface area contributed by atoms with Gasteiger partial charge in [0, 0.05) is 6.42 Å². The predicted molar refractivity (Wildman–Crippen MR) is 106 cm³/mol. The van der Waals surface area contributed by atoms with Gasteiger partial charge in [-0.3, -0.25) is 4.79 Å². The lowest BCUT2D eigenvalue weighted by atomic mass is 9.44. The third kappa shape index (κ3) is 2.85. The molecule has 0 bridgehead atoms. The molecule has 4 rings (SSSR count). The van der Waals surface area contributed by atoms with Crippen LogP contribution in [-0.4, -0.2) is 11.1 Å². The second kappa shape index (κ2) is 6.82. The Morgan fingerprint density at radius 3 is 2.50 bits per heavy atom. The van der Waals surface area contributed by atoms with E-state index in [1.165, 1.54) is 64.2 Å². The first-order chi connectivity index (χ1) is 12.4. The number of carboxylic acids is 1. The monoisotopic (exact) mass is 360 g/mol. The third-order valence-electron chi connectivity index (χ3n) is 10.2. The van der Waals surface area contributed by atoms with Crippen molar-refractivity contribution >= 4 is 5.97 Å². The van der Waals surface area contributed by atoms with E-state index in [0.717, 1.165) is 36.0 Å². The van der Waals surface area contributed by atoms with Gasteiger partial charge in [-0.2, -0.15) is 0 Å². The molecule has 2 nitrogen and oxygen atoms in total. The van der Waals surface area contributed by atoms with E-state index in [0.29, 0.717) is 23.2 Å². The van der Waals surface area contributed by atoms with Crippen molar-refractivity contribution in [3.05, 3.63) is 0 Å². The van der Waals surface area contributed by atoms with Crippen LogP contribution >= 0.6 is 0 Å². The van der Waals surface area contributed by atoms with Crippen LogP contribution in [-0.2, 0) is 4.79 Å². The van der Waals surface area contributed by atoms with Crippen LogP contribution in [0.4, 0.5) is 0 Å². The summed E-state index contributed by atoms with van der Waals surface area (Å²) in [6, 6.07) is 0. The zero-order valence-electron chi connectivity index (χ0n) is 17.3.